The van der Waals surface area contributed by atoms with Crippen molar-refractivity contribution >= 4 is 53.5 Å². The maximum atomic E-state index is 10.8. The molecule has 2 rings (SSSR count). The predicted octanol–water partition coefficient (Wildman–Crippen LogP) is 3.26. The minimum atomic E-state index is -3.23. The lowest BCUT2D eigenvalue weighted by Gasteiger charge is -2.04. The van der Waals surface area contributed by atoms with Crippen LogP contribution in [0.4, 0.5) is 11.6 Å². The summed E-state index contributed by atoms with van der Waals surface area (Å²) in [5.41, 5.74) is 7.44. The molecule has 2 heterocycles. The van der Waals surface area contributed by atoms with Crippen molar-refractivity contribution in [3.8, 4) is 0 Å². The van der Waals surface area contributed by atoms with Crippen LogP contribution in [0.3, 0.4) is 0 Å². The Bertz CT molecular complexity index is 767. The van der Waals surface area contributed by atoms with Crippen molar-refractivity contribution in [1.29, 1.82) is 0 Å². The Morgan fingerprint density at radius 1 is 1.05 bits per heavy atom. The zero-order chi connectivity index (χ0) is 16.9. The Morgan fingerprint density at radius 3 is 1.95 bits per heavy atom. The Hall–Kier alpha value is -1.19. The fourth-order valence-corrected chi connectivity index (χ4v) is 2.27. The molecule has 2 aromatic rings. The molecule has 0 bridgehead atoms. The second-order valence-electron chi connectivity index (χ2n) is 4.55. The number of pyridine rings is 2. The van der Waals surface area contributed by atoms with Crippen molar-refractivity contribution in [1.82, 2.24) is 9.97 Å². The largest absolute Gasteiger partial charge is 0.384 e. The molecule has 0 aliphatic heterocycles. The van der Waals surface area contributed by atoms with Gasteiger partial charge in [0.2, 0.25) is 10.0 Å². The third kappa shape index (κ3) is 6.71. The van der Waals surface area contributed by atoms with Gasteiger partial charge >= 0.3 is 0 Å². The number of nitrogens with zero attached hydrogens (tertiary/aromatic N) is 2. The number of nitrogens with two attached hydrogens (primary N) is 1. The fourth-order valence-electron chi connectivity index (χ4n) is 1.35. The van der Waals surface area contributed by atoms with E-state index in [4.69, 9.17) is 5.73 Å². The van der Waals surface area contributed by atoms with Crippen LogP contribution in [0.15, 0.2) is 33.5 Å². The van der Waals surface area contributed by atoms with Crippen molar-refractivity contribution in [2.45, 2.75) is 13.8 Å². The molecule has 0 saturated carbocycles. The topological polar surface area (TPSA) is 98.0 Å². The van der Waals surface area contributed by atoms with Crippen LogP contribution in [-0.2, 0) is 10.0 Å². The van der Waals surface area contributed by atoms with E-state index in [9.17, 15) is 8.42 Å². The number of anilines is 2. The number of aryl methyl sites for hydroxylation is 2. The van der Waals surface area contributed by atoms with Crippen LogP contribution < -0.4 is 10.5 Å². The van der Waals surface area contributed by atoms with Gasteiger partial charge < -0.3 is 5.73 Å². The average Bonchev–Trinajstić information content (AvgIpc) is 2.38. The molecule has 9 heteroatoms. The molecule has 0 saturated heterocycles. The van der Waals surface area contributed by atoms with Crippen LogP contribution in [0, 0.1) is 13.8 Å². The lowest BCUT2D eigenvalue weighted by atomic mass is 10.3. The summed E-state index contributed by atoms with van der Waals surface area (Å²) in [4.78, 5) is 7.76. The summed E-state index contributed by atoms with van der Waals surface area (Å²) in [6.45, 7) is 3.83. The SMILES string of the molecule is Cc1cc(N)ncc1Br.Cc1cc(NS(C)(=O)=O)ncc1Br. The molecule has 3 N–H and O–H groups in total. The first kappa shape index (κ1) is 18.9. The van der Waals surface area contributed by atoms with Gasteiger partial charge in [0, 0.05) is 21.3 Å². The number of aromatic nitrogens is 2. The normalized spacial score (nSPS) is 10.6. The predicted molar refractivity (Wildman–Crippen MR) is 96.2 cm³/mol. The lowest BCUT2D eigenvalue weighted by molar-refractivity contribution is 0.606. The maximum absolute atomic E-state index is 10.8. The summed E-state index contributed by atoms with van der Waals surface area (Å²) >= 11 is 6.58. The Balaban J connectivity index is 0.000000235. The van der Waals surface area contributed by atoms with Gasteiger partial charge in [0.1, 0.15) is 11.6 Å². The van der Waals surface area contributed by atoms with E-state index in [2.05, 4.69) is 46.5 Å². The Morgan fingerprint density at radius 2 is 1.55 bits per heavy atom. The van der Waals surface area contributed by atoms with Crippen LogP contribution in [0.25, 0.3) is 0 Å². The second-order valence-corrected chi connectivity index (χ2v) is 8.01. The summed E-state index contributed by atoms with van der Waals surface area (Å²) in [6, 6.07) is 3.48. The van der Waals surface area contributed by atoms with Crippen molar-refractivity contribution in [3.05, 3.63) is 44.6 Å². The van der Waals surface area contributed by atoms with Crippen LogP contribution in [-0.4, -0.2) is 24.6 Å². The van der Waals surface area contributed by atoms with Gasteiger partial charge in [-0.2, -0.15) is 0 Å². The highest BCUT2D eigenvalue weighted by Crippen LogP contribution is 2.17. The van der Waals surface area contributed by atoms with Crippen molar-refractivity contribution in [2.24, 2.45) is 0 Å². The first-order valence-corrected chi connectivity index (χ1v) is 9.54. The van der Waals surface area contributed by atoms with Crippen molar-refractivity contribution < 1.29 is 8.42 Å². The standard InChI is InChI=1S/C7H9BrN2O2S.C6H7BrN2/c1-5-3-7(9-4-6(5)8)10-13(2,11)12;1-4-2-6(8)9-3-5(4)7/h3-4H,1-2H3,(H,9,10);2-3H,1H3,(H2,8,9). The Kier molecular flexibility index (Phi) is 6.76. The molecule has 0 spiro atoms. The highest BCUT2D eigenvalue weighted by Gasteiger charge is 2.03. The molecule has 120 valence electrons. The average molecular weight is 452 g/mol. The molecule has 2 aromatic heterocycles. The molecule has 6 nitrogen and oxygen atoms in total. The lowest BCUT2D eigenvalue weighted by Crippen LogP contribution is -2.10. The highest BCUT2D eigenvalue weighted by atomic mass is 79.9. The van der Waals surface area contributed by atoms with Crippen LogP contribution in [0.1, 0.15) is 11.1 Å². The summed E-state index contributed by atoms with van der Waals surface area (Å²) in [5, 5.41) is 0. The number of nitrogens with one attached hydrogen (secondary N) is 1. The number of hydrogen-bond donors (Lipinski definition) is 2. The van der Waals surface area contributed by atoms with E-state index in [1.165, 1.54) is 0 Å². The summed E-state index contributed by atoms with van der Waals surface area (Å²) in [7, 11) is -3.23. The van der Waals surface area contributed by atoms with Crippen molar-refractivity contribution in [2.75, 3.05) is 16.7 Å². The molecular weight excluding hydrogens is 436 g/mol. The van der Waals surface area contributed by atoms with E-state index >= 15 is 0 Å². The number of hydrogen-bond acceptors (Lipinski definition) is 5. The number of nitrogen functional groups attached to an aromatic ring is 1. The highest BCUT2D eigenvalue weighted by molar-refractivity contribution is 9.10. The van der Waals surface area contributed by atoms with Crippen molar-refractivity contribution in [3.63, 3.8) is 0 Å². The molecule has 0 fully saturated rings. The smallest absolute Gasteiger partial charge is 0.230 e. The van der Waals surface area contributed by atoms with Crippen LogP contribution in [0.2, 0.25) is 0 Å². The summed E-state index contributed by atoms with van der Waals surface area (Å²) < 4.78 is 25.8. The molecule has 0 radical (unpaired) electrons. The molecular formula is C13H16Br2N4O2S. The van der Waals surface area contributed by atoms with E-state index in [-0.39, 0.29) is 0 Å². The third-order valence-electron chi connectivity index (χ3n) is 2.40. The molecule has 0 aliphatic rings. The van der Waals surface area contributed by atoms with Gasteiger partial charge in [-0.15, -0.1) is 0 Å². The molecule has 22 heavy (non-hydrogen) atoms. The zero-order valence-corrected chi connectivity index (χ0v) is 16.3. The van der Waals surface area contributed by atoms with E-state index in [1.807, 2.05) is 19.9 Å². The fraction of sp³-hybridized carbons (Fsp3) is 0.231. The molecule has 0 amide bonds. The van der Waals surface area contributed by atoms with Crippen LogP contribution in [0.5, 0.6) is 0 Å². The van der Waals surface area contributed by atoms with Gasteiger partial charge in [0.05, 0.1) is 6.26 Å². The summed E-state index contributed by atoms with van der Waals surface area (Å²) in [5.74, 6) is 0.902. The van der Waals surface area contributed by atoms with Gasteiger partial charge in [-0.25, -0.2) is 18.4 Å². The number of rotatable bonds is 2. The maximum Gasteiger partial charge on any atom is 0.230 e. The van der Waals surface area contributed by atoms with E-state index < -0.39 is 10.0 Å². The monoisotopic (exact) mass is 450 g/mol. The van der Waals surface area contributed by atoms with Gasteiger partial charge in [0.15, 0.2) is 0 Å². The molecule has 0 unspecified atom stereocenters. The van der Waals surface area contributed by atoms with Gasteiger partial charge in [-0.1, -0.05) is 0 Å². The molecule has 0 aromatic carbocycles. The minimum absolute atomic E-state index is 0.336. The molecule has 0 aliphatic carbocycles. The number of sulfonamides is 1. The van der Waals surface area contributed by atoms with Gasteiger partial charge in [0.25, 0.3) is 0 Å². The van der Waals surface area contributed by atoms with E-state index in [0.717, 1.165) is 26.3 Å². The third-order valence-corrected chi connectivity index (χ3v) is 4.65. The number of halogens is 2. The van der Waals surface area contributed by atoms with Gasteiger partial charge in [-0.3, -0.25) is 4.72 Å². The first-order valence-electron chi connectivity index (χ1n) is 6.06. The van der Waals surface area contributed by atoms with Gasteiger partial charge in [-0.05, 0) is 69.0 Å². The van der Waals surface area contributed by atoms with E-state index in [0.29, 0.717) is 11.6 Å². The quantitative estimate of drug-likeness (QED) is 0.730. The van der Waals surface area contributed by atoms with Crippen LogP contribution >= 0.6 is 31.9 Å². The first-order chi connectivity index (χ1) is 10.1. The van der Waals surface area contributed by atoms with E-state index in [1.54, 1.807) is 18.5 Å². The Labute approximate surface area is 146 Å². The molecule has 0 atom stereocenters. The second kappa shape index (κ2) is 7.89. The summed E-state index contributed by atoms with van der Waals surface area (Å²) in [6.07, 6.45) is 4.35. The minimum Gasteiger partial charge on any atom is -0.384 e. The zero-order valence-electron chi connectivity index (χ0n) is 12.3.